The van der Waals surface area contributed by atoms with Crippen LogP contribution >= 0.6 is 0 Å². The standard InChI is InChI=1S/C29H37N3O4/c1-23(33)32-19-10-4-2-3-9-17-31(22-24-12-5-7-14-26(24)32)29(35)25-13-6-8-15-27(25)36-21-20-30-18-11-16-28(30)34/h5-8,12-15H,2-4,9-11,16-22H2,1H3. The van der Waals surface area contributed by atoms with Gasteiger partial charge >= 0.3 is 0 Å². The van der Waals surface area contributed by atoms with Crippen molar-refractivity contribution in [3.8, 4) is 5.75 Å². The first-order valence-electron chi connectivity index (χ1n) is 13.2. The van der Waals surface area contributed by atoms with Gasteiger partial charge in [-0.3, -0.25) is 14.4 Å². The smallest absolute Gasteiger partial charge is 0.257 e. The van der Waals surface area contributed by atoms with E-state index in [0.29, 0.717) is 50.5 Å². The number of benzene rings is 2. The molecule has 0 radical (unpaired) electrons. The van der Waals surface area contributed by atoms with Crippen LogP contribution in [0.5, 0.6) is 5.75 Å². The van der Waals surface area contributed by atoms with Crippen LogP contribution in [-0.4, -0.2) is 60.3 Å². The lowest BCUT2D eigenvalue weighted by Gasteiger charge is -2.29. The maximum Gasteiger partial charge on any atom is 0.257 e. The second-order valence-electron chi connectivity index (χ2n) is 9.62. The van der Waals surface area contributed by atoms with E-state index in [1.807, 2.05) is 63.2 Å². The molecule has 192 valence electrons. The molecule has 4 rings (SSSR count). The van der Waals surface area contributed by atoms with E-state index < -0.39 is 0 Å². The van der Waals surface area contributed by atoms with Crippen LogP contribution in [-0.2, 0) is 16.1 Å². The summed E-state index contributed by atoms with van der Waals surface area (Å²) < 4.78 is 6.02. The van der Waals surface area contributed by atoms with Crippen LogP contribution in [0.15, 0.2) is 48.5 Å². The van der Waals surface area contributed by atoms with Gasteiger partial charge in [-0.05, 0) is 43.0 Å². The normalized spacial score (nSPS) is 17.2. The minimum Gasteiger partial charge on any atom is -0.491 e. The molecule has 2 aromatic carbocycles. The molecule has 0 spiro atoms. The van der Waals surface area contributed by atoms with Gasteiger partial charge in [-0.1, -0.05) is 49.6 Å². The van der Waals surface area contributed by atoms with Crippen LogP contribution in [0.25, 0.3) is 0 Å². The van der Waals surface area contributed by atoms with Crippen LogP contribution in [0.3, 0.4) is 0 Å². The average Bonchev–Trinajstić information content (AvgIpc) is 3.28. The third-order valence-electron chi connectivity index (χ3n) is 7.03. The number of carbonyl (C=O) groups excluding carboxylic acids is 3. The fourth-order valence-corrected chi connectivity index (χ4v) is 5.06. The molecule has 2 aliphatic heterocycles. The van der Waals surface area contributed by atoms with Crippen molar-refractivity contribution >= 4 is 23.4 Å². The SMILES string of the molecule is CC(=O)N1CCCCCCCN(C(=O)c2ccccc2OCCN2CCCC2=O)Cc2ccccc21. The van der Waals surface area contributed by atoms with Gasteiger partial charge in [0.25, 0.3) is 5.91 Å². The van der Waals surface area contributed by atoms with E-state index in [-0.39, 0.29) is 17.7 Å². The van der Waals surface area contributed by atoms with Gasteiger partial charge < -0.3 is 19.4 Å². The fourth-order valence-electron chi connectivity index (χ4n) is 5.06. The molecule has 0 bridgehead atoms. The molecule has 0 atom stereocenters. The van der Waals surface area contributed by atoms with Crippen molar-refractivity contribution in [3.63, 3.8) is 0 Å². The van der Waals surface area contributed by atoms with Crippen LogP contribution in [0.2, 0.25) is 0 Å². The first-order chi connectivity index (χ1) is 17.5. The predicted molar refractivity (Wildman–Crippen MR) is 140 cm³/mol. The summed E-state index contributed by atoms with van der Waals surface area (Å²) in [6, 6.07) is 15.2. The summed E-state index contributed by atoms with van der Waals surface area (Å²) in [4.78, 5) is 43.8. The molecule has 2 heterocycles. The molecule has 7 nitrogen and oxygen atoms in total. The van der Waals surface area contributed by atoms with Crippen molar-refractivity contribution in [3.05, 3.63) is 59.7 Å². The van der Waals surface area contributed by atoms with Gasteiger partial charge in [-0.15, -0.1) is 0 Å². The van der Waals surface area contributed by atoms with Gasteiger partial charge in [0.1, 0.15) is 12.4 Å². The molecule has 0 aromatic heterocycles. The molecule has 3 amide bonds. The van der Waals surface area contributed by atoms with Crippen molar-refractivity contribution in [1.82, 2.24) is 9.80 Å². The Hall–Kier alpha value is -3.35. The number of amides is 3. The summed E-state index contributed by atoms with van der Waals surface area (Å²) in [5, 5.41) is 0. The molecule has 0 N–H and O–H groups in total. The second kappa shape index (κ2) is 12.6. The van der Waals surface area contributed by atoms with Gasteiger partial charge in [0.2, 0.25) is 11.8 Å². The highest BCUT2D eigenvalue weighted by molar-refractivity contribution is 5.97. The zero-order chi connectivity index (χ0) is 25.3. The van der Waals surface area contributed by atoms with Gasteiger partial charge in [-0.25, -0.2) is 0 Å². The Kier molecular flexibility index (Phi) is 8.98. The van der Waals surface area contributed by atoms with E-state index in [9.17, 15) is 14.4 Å². The summed E-state index contributed by atoms with van der Waals surface area (Å²) >= 11 is 0. The van der Waals surface area contributed by atoms with Crippen molar-refractivity contribution in [2.45, 2.75) is 58.4 Å². The zero-order valence-corrected chi connectivity index (χ0v) is 21.3. The number of carbonyl (C=O) groups is 3. The summed E-state index contributed by atoms with van der Waals surface area (Å²) in [7, 11) is 0. The largest absolute Gasteiger partial charge is 0.491 e. The highest BCUT2D eigenvalue weighted by Crippen LogP contribution is 2.27. The molecule has 36 heavy (non-hydrogen) atoms. The quantitative estimate of drug-likeness (QED) is 0.611. The molecular weight excluding hydrogens is 454 g/mol. The first kappa shape index (κ1) is 25.7. The third kappa shape index (κ3) is 6.45. The van der Waals surface area contributed by atoms with Gasteiger partial charge in [0, 0.05) is 45.2 Å². The lowest BCUT2D eigenvalue weighted by molar-refractivity contribution is -0.128. The predicted octanol–water partition coefficient (Wildman–Crippen LogP) is 4.65. The van der Waals surface area contributed by atoms with E-state index in [1.54, 1.807) is 6.92 Å². The Labute approximate surface area is 214 Å². The number of fused-ring (bicyclic) bond motifs is 1. The molecule has 2 aliphatic rings. The molecule has 1 fully saturated rings. The average molecular weight is 492 g/mol. The van der Waals surface area contributed by atoms with Crippen molar-refractivity contribution in [2.75, 3.05) is 37.7 Å². The first-order valence-corrected chi connectivity index (χ1v) is 13.2. The van der Waals surface area contributed by atoms with E-state index >= 15 is 0 Å². The number of nitrogens with zero attached hydrogens (tertiary/aromatic N) is 3. The molecular formula is C29H37N3O4. The zero-order valence-electron chi connectivity index (χ0n) is 21.3. The van der Waals surface area contributed by atoms with Crippen LogP contribution in [0.1, 0.15) is 67.8 Å². The number of hydrogen-bond acceptors (Lipinski definition) is 4. The Morgan fingerprint density at radius 1 is 0.861 bits per heavy atom. The van der Waals surface area contributed by atoms with Crippen LogP contribution < -0.4 is 9.64 Å². The van der Waals surface area contributed by atoms with Crippen LogP contribution in [0.4, 0.5) is 5.69 Å². The van der Waals surface area contributed by atoms with Gasteiger partial charge in [0.15, 0.2) is 0 Å². The number of anilines is 1. The van der Waals surface area contributed by atoms with Crippen molar-refractivity contribution in [1.29, 1.82) is 0 Å². The summed E-state index contributed by atoms with van der Waals surface area (Å²) in [6.07, 6.45) is 6.61. The highest BCUT2D eigenvalue weighted by atomic mass is 16.5. The summed E-state index contributed by atoms with van der Waals surface area (Å²) in [6.45, 7) is 5.02. The molecule has 0 unspecified atom stereocenters. The lowest BCUT2D eigenvalue weighted by atomic mass is 10.1. The molecule has 0 saturated carbocycles. The van der Waals surface area contributed by atoms with E-state index in [0.717, 1.165) is 56.3 Å². The van der Waals surface area contributed by atoms with E-state index in [4.69, 9.17) is 4.74 Å². The fraction of sp³-hybridized carbons (Fsp3) is 0.483. The lowest BCUT2D eigenvalue weighted by Crippen LogP contribution is -2.35. The van der Waals surface area contributed by atoms with Crippen LogP contribution in [0, 0.1) is 0 Å². The maximum atomic E-state index is 13.8. The maximum absolute atomic E-state index is 13.8. The Bertz CT molecular complexity index is 1070. The number of para-hydroxylation sites is 2. The second-order valence-corrected chi connectivity index (χ2v) is 9.62. The number of ether oxygens (including phenoxy) is 1. The molecule has 7 heteroatoms. The minimum atomic E-state index is -0.0795. The van der Waals surface area contributed by atoms with Crippen molar-refractivity contribution in [2.24, 2.45) is 0 Å². The van der Waals surface area contributed by atoms with Gasteiger partial charge in [-0.2, -0.15) is 0 Å². The third-order valence-corrected chi connectivity index (χ3v) is 7.03. The summed E-state index contributed by atoms with van der Waals surface area (Å²) in [5.74, 6) is 0.649. The molecule has 2 aromatic rings. The number of hydrogen-bond donors (Lipinski definition) is 0. The van der Waals surface area contributed by atoms with E-state index in [2.05, 4.69) is 0 Å². The van der Waals surface area contributed by atoms with Crippen molar-refractivity contribution < 1.29 is 19.1 Å². The topological polar surface area (TPSA) is 70.2 Å². The van der Waals surface area contributed by atoms with E-state index in [1.165, 1.54) is 0 Å². The van der Waals surface area contributed by atoms with Gasteiger partial charge in [0.05, 0.1) is 12.1 Å². The molecule has 1 saturated heterocycles. The summed E-state index contributed by atoms with van der Waals surface area (Å²) in [5.41, 5.74) is 2.37. The number of likely N-dealkylation sites (tertiary alicyclic amines) is 1. The highest BCUT2D eigenvalue weighted by Gasteiger charge is 2.24. The Morgan fingerprint density at radius 2 is 1.58 bits per heavy atom. The Morgan fingerprint density at radius 3 is 2.36 bits per heavy atom. The Balaban J connectivity index is 1.55. The molecule has 0 aliphatic carbocycles. The number of rotatable bonds is 5. The minimum absolute atomic E-state index is 0.0209. The monoisotopic (exact) mass is 491 g/mol.